The molecule has 138 valence electrons. The van der Waals surface area contributed by atoms with Crippen LogP contribution in [0.2, 0.25) is 0 Å². The minimum atomic E-state index is 1.03. The molecule has 0 saturated heterocycles. The quantitative estimate of drug-likeness (QED) is 0.311. The van der Waals surface area contributed by atoms with E-state index in [1.54, 1.807) is 0 Å². The summed E-state index contributed by atoms with van der Waals surface area (Å²) in [5.41, 5.74) is 7.93. The molecule has 0 saturated carbocycles. The van der Waals surface area contributed by atoms with Gasteiger partial charge in [-0.15, -0.1) is 23.5 Å². The summed E-state index contributed by atoms with van der Waals surface area (Å²) in [6.07, 6.45) is 4.89. The summed E-state index contributed by atoms with van der Waals surface area (Å²) in [5, 5.41) is 5.63. The van der Waals surface area contributed by atoms with Crippen molar-refractivity contribution in [1.82, 2.24) is 0 Å². The standard InChI is InChI=1S/C22H28N2S2/c23-13-5-7-15-25-21-17-9-1-2-10-18(17)22(26-16-8-6-14-24)20-12-4-3-11-19(20)21/h1-4,9-12H,5-8,13-16,23-24H2/p+2. The molecule has 3 aromatic carbocycles. The second-order valence-corrected chi connectivity index (χ2v) is 8.78. The van der Waals surface area contributed by atoms with Crippen LogP contribution in [0.3, 0.4) is 0 Å². The maximum absolute atomic E-state index is 3.97. The Balaban J connectivity index is 2.03. The van der Waals surface area contributed by atoms with E-state index in [4.69, 9.17) is 0 Å². The van der Waals surface area contributed by atoms with Crippen molar-refractivity contribution in [2.75, 3.05) is 24.6 Å². The Kier molecular flexibility index (Phi) is 7.69. The summed E-state index contributed by atoms with van der Waals surface area (Å²) >= 11 is 4.03. The van der Waals surface area contributed by atoms with Crippen molar-refractivity contribution in [2.24, 2.45) is 0 Å². The molecule has 0 aliphatic rings. The van der Waals surface area contributed by atoms with Crippen molar-refractivity contribution < 1.29 is 11.5 Å². The first-order valence-corrected chi connectivity index (χ1v) is 11.6. The van der Waals surface area contributed by atoms with Gasteiger partial charge in [-0.25, -0.2) is 0 Å². The number of fused-ring (bicyclic) bond motifs is 2. The Labute approximate surface area is 165 Å². The minimum absolute atomic E-state index is 1.03. The molecule has 0 unspecified atom stereocenters. The fraction of sp³-hybridized carbons (Fsp3) is 0.364. The third-order valence-electron chi connectivity index (χ3n) is 4.61. The van der Waals surface area contributed by atoms with Crippen molar-refractivity contribution in [1.29, 1.82) is 0 Å². The first-order chi connectivity index (χ1) is 12.9. The number of hydrogen-bond donors (Lipinski definition) is 2. The van der Waals surface area contributed by atoms with E-state index in [0.29, 0.717) is 0 Å². The van der Waals surface area contributed by atoms with Crippen molar-refractivity contribution >= 4 is 45.1 Å². The van der Waals surface area contributed by atoms with Crippen LogP contribution in [0.1, 0.15) is 25.7 Å². The lowest BCUT2D eigenvalue weighted by molar-refractivity contribution is -0.368. The maximum atomic E-state index is 3.97. The van der Waals surface area contributed by atoms with Crippen LogP contribution in [0, 0.1) is 0 Å². The predicted octanol–water partition coefficient (Wildman–Crippen LogP) is 4.22. The van der Waals surface area contributed by atoms with Gasteiger partial charge in [-0.2, -0.15) is 0 Å². The molecule has 2 nitrogen and oxygen atoms in total. The molecular formula is C22H30N2S2+2. The second-order valence-electron chi connectivity index (χ2n) is 6.57. The molecule has 4 heteroatoms. The Morgan fingerprint density at radius 2 is 0.885 bits per heavy atom. The molecule has 0 aromatic heterocycles. The lowest BCUT2D eigenvalue weighted by Gasteiger charge is -2.16. The highest BCUT2D eigenvalue weighted by molar-refractivity contribution is 8.00. The molecule has 0 aliphatic heterocycles. The maximum Gasteiger partial charge on any atom is 0.0740 e. The lowest BCUT2D eigenvalue weighted by Crippen LogP contribution is -2.50. The minimum Gasteiger partial charge on any atom is -0.358 e. The summed E-state index contributed by atoms with van der Waals surface area (Å²) in [6.45, 7) is 2.07. The summed E-state index contributed by atoms with van der Waals surface area (Å²) in [7, 11) is 0. The fourth-order valence-electron chi connectivity index (χ4n) is 3.27. The molecular weight excluding hydrogens is 356 g/mol. The highest BCUT2D eigenvalue weighted by Gasteiger charge is 2.14. The van der Waals surface area contributed by atoms with Gasteiger partial charge in [-0.05, 0) is 58.7 Å². The van der Waals surface area contributed by atoms with Gasteiger partial charge in [0, 0.05) is 9.79 Å². The summed E-state index contributed by atoms with van der Waals surface area (Å²) in [5.74, 6) is 2.33. The molecule has 0 radical (unpaired) electrons. The average molecular weight is 387 g/mol. The van der Waals surface area contributed by atoms with Gasteiger partial charge in [0.05, 0.1) is 13.1 Å². The highest BCUT2D eigenvalue weighted by atomic mass is 32.2. The predicted molar refractivity (Wildman–Crippen MR) is 117 cm³/mol. The third-order valence-corrected chi connectivity index (χ3v) is 7.06. The average Bonchev–Trinajstić information content (AvgIpc) is 2.69. The van der Waals surface area contributed by atoms with Crippen molar-refractivity contribution in [2.45, 2.75) is 35.5 Å². The van der Waals surface area contributed by atoms with Crippen molar-refractivity contribution in [3.63, 3.8) is 0 Å². The molecule has 6 N–H and O–H groups in total. The van der Waals surface area contributed by atoms with Crippen molar-refractivity contribution in [3.05, 3.63) is 48.5 Å². The Bertz CT molecular complexity index is 721. The van der Waals surface area contributed by atoms with Crippen LogP contribution in [0.25, 0.3) is 21.5 Å². The van der Waals surface area contributed by atoms with Crippen LogP contribution in [0.4, 0.5) is 0 Å². The zero-order valence-electron chi connectivity index (χ0n) is 15.5. The van der Waals surface area contributed by atoms with E-state index in [-0.39, 0.29) is 0 Å². The molecule has 0 aliphatic carbocycles. The third kappa shape index (κ3) is 4.55. The summed E-state index contributed by atoms with van der Waals surface area (Å²) < 4.78 is 0. The Morgan fingerprint density at radius 3 is 1.19 bits per heavy atom. The second kappa shape index (κ2) is 10.2. The van der Waals surface area contributed by atoms with Crippen LogP contribution in [-0.4, -0.2) is 24.6 Å². The summed E-state index contributed by atoms with van der Waals surface area (Å²) in [6, 6.07) is 17.9. The number of quaternary nitrogens is 2. The van der Waals surface area contributed by atoms with Crippen LogP contribution in [0.15, 0.2) is 58.3 Å². The highest BCUT2D eigenvalue weighted by Crippen LogP contribution is 2.43. The fourth-order valence-corrected chi connectivity index (χ4v) is 5.70. The molecule has 0 amide bonds. The molecule has 26 heavy (non-hydrogen) atoms. The van der Waals surface area contributed by atoms with Gasteiger partial charge >= 0.3 is 0 Å². The van der Waals surface area contributed by atoms with Crippen LogP contribution in [-0.2, 0) is 0 Å². The van der Waals surface area contributed by atoms with Gasteiger partial charge in [0.1, 0.15) is 0 Å². The molecule has 0 fully saturated rings. The van der Waals surface area contributed by atoms with Gasteiger partial charge < -0.3 is 11.5 Å². The zero-order chi connectivity index (χ0) is 18.2. The first kappa shape index (κ1) is 19.6. The molecule has 3 aromatic rings. The van der Waals surface area contributed by atoms with E-state index in [9.17, 15) is 0 Å². The van der Waals surface area contributed by atoms with Gasteiger partial charge in [-0.1, -0.05) is 48.5 Å². The van der Waals surface area contributed by atoms with Crippen LogP contribution >= 0.6 is 23.5 Å². The van der Waals surface area contributed by atoms with Gasteiger partial charge in [0.15, 0.2) is 0 Å². The van der Waals surface area contributed by atoms with E-state index in [2.05, 4.69) is 60.0 Å². The first-order valence-electron chi connectivity index (χ1n) is 9.64. The number of unbranched alkanes of at least 4 members (excludes halogenated alkanes) is 2. The SMILES string of the molecule is [NH3+]CCCCSc1c2ccccc2c(SCCCC[NH3+])c2ccccc12. The molecule has 0 spiro atoms. The number of benzene rings is 3. The van der Waals surface area contributed by atoms with E-state index >= 15 is 0 Å². The zero-order valence-corrected chi connectivity index (χ0v) is 17.1. The summed E-state index contributed by atoms with van der Waals surface area (Å²) in [4.78, 5) is 2.89. The Morgan fingerprint density at radius 1 is 0.538 bits per heavy atom. The molecule has 0 heterocycles. The Hall–Kier alpha value is -1.20. The normalized spacial score (nSPS) is 11.5. The van der Waals surface area contributed by atoms with Gasteiger partial charge in [0.2, 0.25) is 0 Å². The molecule has 0 bridgehead atoms. The van der Waals surface area contributed by atoms with Gasteiger partial charge in [0.25, 0.3) is 0 Å². The van der Waals surface area contributed by atoms with Gasteiger partial charge in [-0.3, -0.25) is 0 Å². The lowest BCUT2D eigenvalue weighted by atomic mass is 10.0. The van der Waals surface area contributed by atoms with E-state index < -0.39 is 0 Å². The smallest absolute Gasteiger partial charge is 0.0740 e. The molecule has 0 atom stereocenters. The van der Waals surface area contributed by atoms with E-state index in [0.717, 1.165) is 13.1 Å². The number of thioether (sulfide) groups is 2. The topological polar surface area (TPSA) is 55.3 Å². The van der Waals surface area contributed by atoms with Crippen molar-refractivity contribution in [3.8, 4) is 0 Å². The largest absolute Gasteiger partial charge is 0.358 e. The number of rotatable bonds is 10. The van der Waals surface area contributed by atoms with Crippen LogP contribution < -0.4 is 11.5 Å². The molecule has 3 rings (SSSR count). The van der Waals surface area contributed by atoms with Crippen LogP contribution in [0.5, 0.6) is 0 Å². The van der Waals surface area contributed by atoms with E-state index in [1.165, 1.54) is 68.5 Å². The number of hydrogen-bond acceptors (Lipinski definition) is 2. The van der Waals surface area contributed by atoms with E-state index in [1.807, 2.05) is 23.5 Å². The monoisotopic (exact) mass is 386 g/mol.